The van der Waals surface area contributed by atoms with Gasteiger partial charge in [0.25, 0.3) is 15.9 Å². The van der Waals surface area contributed by atoms with E-state index in [-0.39, 0.29) is 17.2 Å². The minimum Gasteiger partial charge on any atom is -0.507 e. The third-order valence-electron chi connectivity index (χ3n) is 6.69. The third-order valence-corrected chi connectivity index (χ3v) is 8.87. The van der Waals surface area contributed by atoms with Crippen LogP contribution < -0.4 is 9.73 Å². The van der Waals surface area contributed by atoms with Crippen molar-refractivity contribution in [1.82, 2.24) is 5.43 Å². The van der Waals surface area contributed by atoms with E-state index in [4.69, 9.17) is 11.6 Å². The Balaban J connectivity index is 1.36. The molecule has 0 saturated carbocycles. The number of carbonyl (C=O) groups excluding carboxylic acids is 1. The van der Waals surface area contributed by atoms with Crippen molar-refractivity contribution in [1.29, 1.82) is 0 Å². The Morgan fingerprint density at radius 1 is 0.902 bits per heavy atom. The van der Waals surface area contributed by atoms with Crippen molar-refractivity contribution >= 4 is 50.2 Å². The Hall–Kier alpha value is -4.66. The van der Waals surface area contributed by atoms with E-state index in [1.165, 1.54) is 10.5 Å². The smallest absolute Gasteiger partial charge is 0.271 e. The van der Waals surface area contributed by atoms with Gasteiger partial charge in [0.2, 0.25) is 0 Å². The predicted octanol–water partition coefficient (Wildman–Crippen LogP) is 6.67. The lowest BCUT2D eigenvalue weighted by atomic mass is 10.0. The van der Waals surface area contributed by atoms with Crippen molar-refractivity contribution in [3.8, 4) is 5.75 Å². The zero-order valence-corrected chi connectivity index (χ0v) is 23.6. The van der Waals surface area contributed by atoms with Crippen LogP contribution in [0.1, 0.15) is 27.0 Å². The van der Waals surface area contributed by atoms with Crippen molar-refractivity contribution in [3.05, 3.63) is 136 Å². The van der Waals surface area contributed by atoms with Gasteiger partial charge in [0.05, 0.1) is 23.3 Å². The Labute approximate surface area is 243 Å². The number of benzene rings is 5. The molecule has 9 heteroatoms. The number of phenolic OH excluding ortho intramolecular Hbond substituents is 1. The first-order valence-electron chi connectivity index (χ1n) is 12.7. The summed E-state index contributed by atoms with van der Waals surface area (Å²) in [5.74, 6) is -0.400. The van der Waals surface area contributed by atoms with E-state index in [2.05, 4.69) is 10.5 Å². The van der Waals surface area contributed by atoms with E-state index in [0.717, 1.165) is 10.8 Å². The van der Waals surface area contributed by atoms with E-state index in [1.807, 2.05) is 30.3 Å². The summed E-state index contributed by atoms with van der Waals surface area (Å²) in [6.45, 7) is 1.80. The number of anilines is 1. The van der Waals surface area contributed by atoms with E-state index in [9.17, 15) is 18.3 Å². The fourth-order valence-corrected chi connectivity index (χ4v) is 6.15. The average Bonchev–Trinajstić information content (AvgIpc) is 2.99. The molecule has 0 aliphatic heterocycles. The second kappa shape index (κ2) is 11.8. The molecule has 0 radical (unpaired) electrons. The molecule has 5 aromatic rings. The van der Waals surface area contributed by atoms with Crippen LogP contribution in [0.3, 0.4) is 0 Å². The SMILES string of the molecule is Cc1c(Cl)cccc1N(Cc1ccc(C(=O)N/N=C\c2c(O)ccc3ccccc23)cc1)S(=O)(=O)c1ccccc1. The van der Waals surface area contributed by atoms with Gasteiger partial charge in [-0.05, 0) is 71.3 Å². The summed E-state index contributed by atoms with van der Waals surface area (Å²) < 4.78 is 28.7. The highest BCUT2D eigenvalue weighted by atomic mass is 35.5. The number of aromatic hydroxyl groups is 1. The number of fused-ring (bicyclic) bond motifs is 1. The van der Waals surface area contributed by atoms with Crippen LogP contribution >= 0.6 is 11.6 Å². The van der Waals surface area contributed by atoms with Gasteiger partial charge in [-0.15, -0.1) is 0 Å². The molecule has 0 spiro atoms. The summed E-state index contributed by atoms with van der Waals surface area (Å²) in [5, 5.41) is 16.5. The lowest BCUT2D eigenvalue weighted by Gasteiger charge is -2.26. The van der Waals surface area contributed by atoms with Crippen LogP contribution in [-0.4, -0.2) is 25.6 Å². The van der Waals surface area contributed by atoms with Crippen molar-refractivity contribution in [2.24, 2.45) is 5.10 Å². The van der Waals surface area contributed by atoms with E-state index >= 15 is 0 Å². The molecule has 0 heterocycles. The van der Waals surface area contributed by atoms with E-state index in [1.54, 1.807) is 85.8 Å². The van der Waals surface area contributed by atoms with Crippen LogP contribution in [0.15, 0.2) is 119 Å². The second-order valence-corrected chi connectivity index (χ2v) is 11.6. The van der Waals surface area contributed by atoms with E-state index < -0.39 is 15.9 Å². The molecule has 206 valence electrons. The number of nitrogens with zero attached hydrogens (tertiary/aromatic N) is 2. The number of phenols is 1. The number of hydrogen-bond donors (Lipinski definition) is 2. The van der Waals surface area contributed by atoms with Crippen LogP contribution in [-0.2, 0) is 16.6 Å². The first-order valence-corrected chi connectivity index (χ1v) is 14.5. The minimum atomic E-state index is -3.92. The number of amides is 1. The van der Waals surface area contributed by atoms with Crippen LogP contribution in [0, 0.1) is 6.92 Å². The van der Waals surface area contributed by atoms with Crippen LogP contribution in [0.5, 0.6) is 5.75 Å². The number of hydrogen-bond acceptors (Lipinski definition) is 5. The number of carbonyl (C=O) groups is 1. The van der Waals surface area contributed by atoms with Crippen molar-refractivity contribution < 1.29 is 18.3 Å². The monoisotopic (exact) mass is 583 g/mol. The van der Waals surface area contributed by atoms with Gasteiger partial charge < -0.3 is 5.11 Å². The lowest BCUT2D eigenvalue weighted by Crippen LogP contribution is -2.31. The maximum Gasteiger partial charge on any atom is 0.271 e. The Morgan fingerprint density at radius 2 is 1.61 bits per heavy atom. The summed E-state index contributed by atoms with van der Waals surface area (Å²) in [4.78, 5) is 12.9. The van der Waals surface area contributed by atoms with Crippen molar-refractivity contribution in [2.75, 3.05) is 4.31 Å². The van der Waals surface area contributed by atoms with Gasteiger partial charge in [-0.1, -0.05) is 78.3 Å². The largest absolute Gasteiger partial charge is 0.507 e. The molecule has 0 aliphatic rings. The summed E-state index contributed by atoms with van der Waals surface area (Å²) in [6.07, 6.45) is 1.41. The molecule has 7 nitrogen and oxygen atoms in total. The van der Waals surface area contributed by atoms with Gasteiger partial charge >= 0.3 is 0 Å². The molecule has 2 N–H and O–H groups in total. The first-order chi connectivity index (χ1) is 19.8. The standard InChI is InChI=1S/C32H26ClN3O4S/c1-22-29(33)12-7-13-30(22)36(41(39,40)26-9-3-2-4-10-26)21-23-14-16-25(17-15-23)32(38)35-34-20-28-27-11-6-5-8-24(27)18-19-31(28)37/h2-20,37H,21H2,1H3,(H,35,38)/b34-20-. The molecule has 0 aromatic heterocycles. The zero-order chi connectivity index (χ0) is 29.0. The van der Waals surface area contributed by atoms with Gasteiger partial charge in [0.15, 0.2) is 0 Å². The molecular formula is C32H26ClN3O4S. The maximum absolute atomic E-state index is 13.7. The first kappa shape index (κ1) is 27.9. The molecule has 0 atom stereocenters. The van der Waals surface area contributed by atoms with Crippen molar-refractivity contribution in [2.45, 2.75) is 18.4 Å². The number of nitrogens with one attached hydrogen (secondary N) is 1. The predicted molar refractivity (Wildman–Crippen MR) is 163 cm³/mol. The summed E-state index contributed by atoms with van der Waals surface area (Å²) in [5.41, 5.74) is 5.09. The lowest BCUT2D eigenvalue weighted by molar-refractivity contribution is 0.0955. The van der Waals surface area contributed by atoms with Crippen LogP contribution in [0.2, 0.25) is 5.02 Å². The van der Waals surface area contributed by atoms with Crippen LogP contribution in [0.4, 0.5) is 5.69 Å². The summed E-state index contributed by atoms with van der Waals surface area (Å²) >= 11 is 6.34. The van der Waals surface area contributed by atoms with Gasteiger partial charge in [0, 0.05) is 16.1 Å². The van der Waals surface area contributed by atoms with Gasteiger partial charge in [0.1, 0.15) is 5.75 Å². The quantitative estimate of drug-likeness (QED) is 0.157. The minimum absolute atomic E-state index is 0.0266. The topological polar surface area (TPSA) is 99.1 Å². The summed E-state index contributed by atoms with van der Waals surface area (Å²) in [6, 6.07) is 30.9. The molecular weight excluding hydrogens is 558 g/mol. The number of halogens is 1. The van der Waals surface area contributed by atoms with Gasteiger partial charge in [-0.3, -0.25) is 9.10 Å². The highest BCUT2D eigenvalue weighted by Gasteiger charge is 2.27. The Kier molecular flexibility index (Phi) is 8.05. The molecule has 0 saturated heterocycles. The molecule has 1 amide bonds. The average molecular weight is 584 g/mol. The van der Waals surface area contributed by atoms with Crippen molar-refractivity contribution in [3.63, 3.8) is 0 Å². The number of hydrazone groups is 1. The van der Waals surface area contributed by atoms with Gasteiger partial charge in [-0.2, -0.15) is 5.10 Å². The molecule has 5 rings (SSSR count). The fourth-order valence-electron chi connectivity index (χ4n) is 4.45. The Morgan fingerprint density at radius 3 is 2.37 bits per heavy atom. The van der Waals surface area contributed by atoms with E-state index in [0.29, 0.717) is 33.0 Å². The maximum atomic E-state index is 13.7. The molecule has 0 unspecified atom stereocenters. The number of rotatable bonds is 8. The molecule has 0 aliphatic carbocycles. The van der Waals surface area contributed by atoms with Gasteiger partial charge in [-0.25, -0.2) is 13.8 Å². The summed E-state index contributed by atoms with van der Waals surface area (Å²) in [7, 11) is -3.92. The second-order valence-electron chi connectivity index (χ2n) is 9.32. The van der Waals surface area contributed by atoms with Crippen LogP contribution in [0.25, 0.3) is 10.8 Å². The normalized spacial score (nSPS) is 11.6. The highest BCUT2D eigenvalue weighted by Crippen LogP contribution is 2.32. The fraction of sp³-hybridized carbons (Fsp3) is 0.0625. The number of sulfonamides is 1. The Bertz CT molecular complexity index is 1860. The molecule has 41 heavy (non-hydrogen) atoms. The highest BCUT2D eigenvalue weighted by molar-refractivity contribution is 7.92. The third kappa shape index (κ3) is 5.94. The molecule has 0 bridgehead atoms. The molecule has 5 aromatic carbocycles. The molecule has 0 fully saturated rings. The zero-order valence-electron chi connectivity index (χ0n) is 22.0.